The highest BCUT2D eigenvalue weighted by Crippen LogP contribution is 2.37. The van der Waals surface area contributed by atoms with Gasteiger partial charge >= 0.3 is 6.03 Å². The molecule has 0 bridgehead atoms. The fourth-order valence-electron chi connectivity index (χ4n) is 2.81. The molecule has 6 nitrogen and oxygen atoms in total. The Bertz CT molecular complexity index is 961. The lowest BCUT2D eigenvalue weighted by Gasteiger charge is -2.13. The lowest BCUT2D eigenvalue weighted by atomic mass is 10.1. The average molecular weight is 449 g/mol. The molecule has 1 aliphatic rings. The number of nitrogens with one attached hydrogen (secondary N) is 1. The van der Waals surface area contributed by atoms with Gasteiger partial charge in [0.1, 0.15) is 11.5 Å². The molecule has 0 aromatic heterocycles. The third kappa shape index (κ3) is 4.01. The Labute approximate surface area is 170 Å². The summed E-state index contributed by atoms with van der Waals surface area (Å²) in [6.07, 6.45) is 1.54. The van der Waals surface area contributed by atoms with E-state index in [-0.39, 0.29) is 17.8 Å². The first-order valence-corrected chi connectivity index (χ1v) is 9.32. The zero-order valence-electron chi connectivity index (χ0n) is 15.3. The van der Waals surface area contributed by atoms with Crippen molar-refractivity contribution in [2.24, 2.45) is 0 Å². The fraction of sp³-hybridized carbons (Fsp3) is 0.200. The summed E-state index contributed by atoms with van der Waals surface area (Å²) in [5.41, 5.74) is 0.992. The van der Waals surface area contributed by atoms with Gasteiger partial charge in [0.2, 0.25) is 0 Å². The molecule has 1 N–H and O–H groups in total. The van der Waals surface area contributed by atoms with Crippen molar-refractivity contribution in [2.75, 3.05) is 13.7 Å². The summed E-state index contributed by atoms with van der Waals surface area (Å²) in [5.74, 6) is 0.0392. The number of hydrogen-bond donors (Lipinski definition) is 1. The Morgan fingerprint density at radius 3 is 2.68 bits per heavy atom. The summed E-state index contributed by atoms with van der Waals surface area (Å²) in [6, 6.07) is 8.87. The molecule has 2 aromatic carbocycles. The lowest BCUT2D eigenvalue weighted by Crippen LogP contribution is -2.30. The van der Waals surface area contributed by atoms with Crippen LogP contribution < -0.4 is 14.8 Å². The van der Waals surface area contributed by atoms with Crippen molar-refractivity contribution < 1.29 is 23.5 Å². The molecule has 3 amide bonds. The van der Waals surface area contributed by atoms with E-state index >= 15 is 0 Å². The van der Waals surface area contributed by atoms with Crippen LogP contribution in [0.15, 0.2) is 46.6 Å². The van der Waals surface area contributed by atoms with E-state index in [9.17, 15) is 14.0 Å². The molecule has 1 aliphatic heterocycles. The number of carbonyl (C=O) groups is 2. The van der Waals surface area contributed by atoms with Gasteiger partial charge < -0.3 is 14.8 Å². The molecule has 1 heterocycles. The molecule has 28 heavy (non-hydrogen) atoms. The van der Waals surface area contributed by atoms with Gasteiger partial charge in [-0.3, -0.25) is 9.69 Å². The summed E-state index contributed by atoms with van der Waals surface area (Å²) >= 11 is 3.41. The first kappa shape index (κ1) is 19.9. The number of carbonyl (C=O) groups excluding carboxylic acids is 2. The molecular weight excluding hydrogens is 431 g/mol. The van der Waals surface area contributed by atoms with E-state index in [2.05, 4.69) is 21.2 Å². The number of methoxy groups -OCH3 is 1. The number of benzene rings is 2. The van der Waals surface area contributed by atoms with Crippen LogP contribution in [0.2, 0.25) is 0 Å². The number of ether oxygens (including phenoxy) is 2. The molecule has 0 unspecified atom stereocenters. The predicted octanol–water partition coefficient (Wildman–Crippen LogP) is 4.09. The lowest BCUT2D eigenvalue weighted by molar-refractivity contribution is -0.123. The average Bonchev–Trinajstić information content (AvgIpc) is 2.91. The standard InChI is InChI=1S/C20H18BrFN2O4/c1-3-28-17-10-12(8-14(21)18(17)27-2)9-16-19(25)24(20(26)23-16)11-13-6-4-5-7-15(13)22/h4-10H,3,11H2,1-2H3,(H,23,26)/b16-9+. The molecule has 0 radical (unpaired) electrons. The van der Waals surface area contributed by atoms with Gasteiger partial charge in [-0.25, -0.2) is 9.18 Å². The van der Waals surface area contributed by atoms with E-state index in [1.807, 2.05) is 6.92 Å². The smallest absolute Gasteiger partial charge is 0.329 e. The minimum atomic E-state index is -0.600. The fourth-order valence-corrected chi connectivity index (χ4v) is 3.43. The summed E-state index contributed by atoms with van der Waals surface area (Å²) in [6.45, 7) is 2.14. The van der Waals surface area contributed by atoms with Crippen molar-refractivity contribution in [3.8, 4) is 11.5 Å². The molecule has 146 valence electrons. The highest BCUT2D eigenvalue weighted by Gasteiger charge is 2.34. The summed E-state index contributed by atoms with van der Waals surface area (Å²) < 4.78 is 25.4. The van der Waals surface area contributed by atoms with Crippen molar-refractivity contribution in [1.29, 1.82) is 0 Å². The first-order valence-electron chi connectivity index (χ1n) is 8.52. The molecule has 0 atom stereocenters. The second kappa shape index (κ2) is 8.43. The van der Waals surface area contributed by atoms with E-state index in [1.165, 1.54) is 25.3 Å². The Balaban J connectivity index is 1.88. The monoisotopic (exact) mass is 448 g/mol. The van der Waals surface area contributed by atoms with Crippen LogP contribution in [0, 0.1) is 5.82 Å². The van der Waals surface area contributed by atoms with E-state index in [0.717, 1.165) is 4.90 Å². The number of hydrogen-bond acceptors (Lipinski definition) is 4. The van der Waals surface area contributed by atoms with E-state index < -0.39 is 17.8 Å². The molecule has 2 aromatic rings. The quantitative estimate of drug-likeness (QED) is 0.533. The molecule has 8 heteroatoms. The number of nitrogens with zero attached hydrogens (tertiary/aromatic N) is 1. The molecule has 0 saturated carbocycles. The zero-order valence-corrected chi connectivity index (χ0v) is 16.9. The van der Waals surface area contributed by atoms with Crippen LogP contribution in [0.1, 0.15) is 18.1 Å². The minimum Gasteiger partial charge on any atom is -0.492 e. The van der Waals surface area contributed by atoms with E-state index in [1.54, 1.807) is 24.3 Å². The van der Waals surface area contributed by atoms with Crippen molar-refractivity contribution in [2.45, 2.75) is 13.5 Å². The number of halogens is 2. The first-order chi connectivity index (χ1) is 13.4. The van der Waals surface area contributed by atoms with Gasteiger partial charge in [-0.15, -0.1) is 0 Å². The van der Waals surface area contributed by atoms with Gasteiger partial charge in [0, 0.05) is 5.56 Å². The number of imide groups is 1. The molecule has 0 spiro atoms. The third-order valence-corrected chi connectivity index (χ3v) is 4.68. The van der Waals surface area contributed by atoms with Crippen LogP contribution in [0.3, 0.4) is 0 Å². The van der Waals surface area contributed by atoms with Crippen LogP contribution in [0.4, 0.5) is 9.18 Å². The Hall–Kier alpha value is -2.87. The minimum absolute atomic E-state index is 0.0980. The Kier molecular flexibility index (Phi) is 5.99. The van der Waals surface area contributed by atoms with Gasteiger partial charge in [0.25, 0.3) is 5.91 Å². The maximum absolute atomic E-state index is 13.9. The second-order valence-electron chi connectivity index (χ2n) is 5.94. The summed E-state index contributed by atoms with van der Waals surface area (Å²) in [7, 11) is 1.53. The van der Waals surface area contributed by atoms with Crippen LogP contribution in [0.25, 0.3) is 6.08 Å². The van der Waals surface area contributed by atoms with Crippen molar-refractivity contribution in [3.63, 3.8) is 0 Å². The molecule has 0 aliphatic carbocycles. The van der Waals surface area contributed by atoms with Gasteiger partial charge in [0.05, 0.1) is 24.7 Å². The van der Waals surface area contributed by atoms with Gasteiger partial charge in [0.15, 0.2) is 11.5 Å². The van der Waals surface area contributed by atoms with Crippen LogP contribution in [0.5, 0.6) is 11.5 Å². The van der Waals surface area contributed by atoms with Gasteiger partial charge in [-0.1, -0.05) is 18.2 Å². The predicted molar refractivity (Wildman–Crippen MR) is 105 cm³/mol. The highest BCUT2D eigenvalue weighted by atomic mass is 79.9. The van der Waals surface area contributed by atoms with E-state index in [4.69, 9.17) is 9.47 Å². The van der Waals surface area contributed by atoms with Crippen molar-refractivity contribution in [3.05, 3.63) is 63.5 Å². The molecule has 1 fully saturated rings. The third-order valence-electron chi connectivity index (χ3n) is 4.10. The maximum Gasteiger partial charge on any atom is 0.329 e. The molecule has 1 saturated heterocycles. The SMILES string of the molecule is CCOc1cc(/C=C2/NC(=O)N(Cc3ccccc3F)C2=O)cc(Br)c1OC. The van der Waals surface area contributed by atoms with Crippen LogP contribution in [-0.2, 0) is 11.3 Å². The topological polar surface area (TPSA) is 67.9 Å². The number of rotatable bonds is 6. The second-order valence-corrected chi connectivity index (χ2v) is 6.79. The Morgan fingerprint density at radius 2 is 2.00 bits per heavy atom. The normalized spacial score (nSPS) is 15.1. The zero-order chi connectivity index (χ0) is 20.3. The van der Waals surface area contributed by atoms with E-state index in [0.29, 0.717) is 28.1 Å². The number of urea groups is 1. The summed E-state index contributed by atoms with van der Waals surface area (Å²) in [4.78, 5) is 25.8. The van der Waals surface area contributed by atoms with Crippen LogP contribution >= 0.6 is 15.9 Å². The summed E-state index contributed by atoms with van der Waals surface area (Å²) in [5, 5.41) is 2.53. The van der Waals surface area contributed by atoms with Crippen molar-refractivity contribution >= 4 is 33.9 Å². The highest BCUT2D eigenvalue weighted by molar-refractivity contribution is 9.10. The Morgan fingerprint density at radius 1 is 1.25 bits per heavy atom. The molecular formula is C20H18BrFN2O4. The number of amides is 3. The van der Waals surface area contributed by atoms with Gasteiger partial charge in [-0.05, 0) is 52.7 Å². The molecule has 3 rings (SSSR count). The van der Waals surface area contributed by atoms with Crippen molar-refractivity contribution in [1.82, 2.24) is 10.2 Å². The van der Waals surface area contributed by atoms with Crippen LogP contribution in [-0.4, -0.2) is 30.6 Å². The largest absolute Gasteiger partial charge is 0.492 e. The maximum atomic E-state index is 13.9. The van der Waals surface area contributed by atoms with Gasteiger partial charge in [-0.2, -0.15) is 0 Å².